The number of rotatable bonds is 4. The number of nitrogens with zero attached hydrogens (tertiary/aromatic N) is 1. The number of carbonyl (C=O) groups excluding carboxylic acids is 3. The normalized spacial score (nSPS) is 20.8. The molecule has 1 aromatic carbocycles. The molecule has 1 spiro atoms. The number of esters is 2. The van der Waals surface area contributed by atoms with Crippen LogP contribution in [0.25, 0.3) is 0 Å². The average Bonchev–Trinajstić information content (AvgIpc) is 2.89. The molecular formula is C20H20N2O6. The Balaban J connectivity index is 2.40. The number of benzene rings is 1. The van der Waals surface area contributed by atoms with E-state index >= 15 is 0 Å². The number of carbonyl (C=O) groups is 3. The van der Waals surface area contributed by atoms with Crippen LogP contribution in [0.5, 0.6) is 0 Å². The number of hydrogen-bond acceptors (Lipinski definition) is 7. The molecule has 28 heavy (non-hydrogen) atoms. The molecule has 1 amide bonds. The van der Waals surface area contributed by atoms with Gasteiger partial charge in [-0.2, -0.15) is 0 Å². The number of para-hydroxylation sites is 1. The monoisotopic (exact) mass is 384 g/mol. The van der Waals surface area contributed by atoms with Crippen molar-refractivity contribution in [1.82, 2.24) is 0 Å². The van der Waals surface area contributed by atoms with Gasteiger partial charge in [0.1, 0.15) is 28.9 Å². The van der Waals surface area contributed by atoms with E-state index in [9.17, 15) is 14.4 Å². The highest BCUT2D eigenvalue weighted by molar-refractivity contribution is 6.22. The van der Waals surface area contributed by atoms with Crippen LogP contribution in [0, 0.1) is 0 Å². The largest absolute Gasteiger partial charge is 0.465 e. The lowest BCUT2D eigenvalue weighted by atomic mass is 9.67. The van der Waals surface area contributed by atoms with Crippen molar-refractivity contribution in [1.29, 1.82) is 0 Å². The summed E-state index contributed by atoms with van der Waals surface area (Å²) in [6.45, 7) is 4.92. The molecule has 0 aliphatic carbocycles. The summed E-state index contributed by atoms with van der Waals surface area (Å²) in [5.74, 6) is -2.46. The smallest absolute Gasteiger partial charge is 0.340 e. The highest BCUT2D eigenvalue weighted by Gasteiger charge is 2.63. The summed E-state index contributed by atoms with van der Waals surface area (Å²) in [5.41, 5.74) is 4.75. The van der Waals surface area contributed by atoms with Gasteiger partial charge in [0.05, 0.1) is 7.11 Å². The summed E-state index contributed by atoms with van der Waals surface area (Å²) in [7, 11) is 2.71. The second-order valence-electron chi connectivity index (χ2n) is 6.28. The van der Waals surface area contributed by atoms with Crippen LogP contribution in [0.4, 0.5) is 5.69 Å². The van der Waals surface area contributed by atoms with E-state index in [2.05, 4.69) is 6.58 Å². The molecule has 1 atom stereocenters. The molecule has 2 aliphatic heterocycles. The predicted molar refractivity (Wildman–Crippen MR) is 99.7 cm³/mol. The minimum Gasteiger partial charge on any atom is -0.465 e. The summed E-state index contributed by atoms with van der Waals surface area (Å²) in [6.07, 6.45) is 1.39. The number of fused-ring (bicyclic) bond motifs is 2. The first kappa shape index (κ1) is 19.2. The van der Waals surface area contributed by atoms with Crippen molar-refractivity contribution in [2.45, 2.75) is 12.3 Å². The van der Waals surface area contributed by atoms with E-state index in [1.165, 1.54) is 17.9 Å². The van der Waals surface area contributed by atoms with E-state index in [-0.39, 0.29) is 29.4 Å². The maximum absolute atomic E-state index is 13.6. The van der Waals surface area contributed by atoms with Crippen LogP contribution >= 0.6 is 0 Å². The Kier molecular flexibility index (Phi) is 4.72. The second-order valence-corrected chi connectivity index (χ2v) is 6.28. The van der Waals surface area contributed by atoms with Crippen LogP contribution < -0.4 is 10.6 Å². The van der Waals surface area contributed by atoms with Gasteiger partial charge in [0.2, 0.25) is 11.8 Å². The highest BCUT2D eigenvalue weighted by Crippen LogP contribution is 2.54. The number of allylic oxidation sites excluding steroid dienone is 1. The molecule has 1 aromatic rings. The van der Waals surface area contributed by atoms with Gasteiger partial charge in [-0.15, -0.1) is 0 Å². The molecular weight excluding hydrogens is 364 g/mol. The predicted octanol–water partition coefficient (Wildman–Crippen LogP) is 1.28. The zero-order chi connectivity index (χ0) is 20.6. The lowest BCUT2D eigenvalue weighted by molar-refractivity contribution is -0.142. The molecule has 1 unspecified atom stereocenters. The summed E-state index contributed by atoms with van der Waals surface area (Å²) in [5, 5.41) is 0. The molecule has 0 saturated heterocycles. The van der Waals surface area contributed by atoms with Crippen molar-refractivity contribution in [2.75, 3.05) is 25.7 Å². The van der Waals surface area contributed by atoms with Crippen LogP contribution in [0.15, 0.2) is 59.7 Å². The first-order chi connectivity index (χ1) is 13.3. The first-order valence-corrected chi connectivity index (χ1v) is 8.45. The third-order valence-corrected chi connectivity index (χ3v) is 4.83. The lowest BCUT2D eigenvalue weighted by Crippen LogP contribution is -2.50. The Bertz CT molecular complexity index is 961. The van der Waals surface area contributed by atoms with Gasteiger partial charge in [0.15, 0.2) is 0 Å². The standard InChI is InChI=1S/C20H20N2O6/c1-5-10-27-18(24)14-11(2)28-16(21)15(17(23)26-4)20(14)12-8-6-7-9-13(12)22(3)19(20)25/h5-9H,1,10,21H2,2-4H3. The number of anilines is 1. The first-order valence-electron chi connectivity index (χ1n) is 8.45. The Morgan fingerprint density at radius 3 is 2.61 bits per heavy atom. The number of methoxy groups -OCH3 is 1. The Morgan fingerprint density at radius 1 is 1.29 bits per heavy atom. The van der Waals surface area contributed by atoms with Gasteiger partial charge in [-0.25, -0.2) is 9.59 Å². The van der Waals surface area contributed by atoms with Crippen molar-refractivity contribution in [3.63, 3.8) is 0 Å². The van der Waals surface area contributed by atoms with Crippen LogP contribution in [0.2, 0.25) is 0 Å². The third-order valence-electron chi connectivity index (χ3n) is 4.83. The average molecular weight is 384 g/mol. The summed E-state index contributed by atoms with van der Waals surface area (Å²) < 4.78 is 15.5. The third kappa shape index (κ3) is 2.41. The van der Waals surface area contributed by atoms with Gasteiger partial charge < -0.3 is 24.8 Å². The quantitative estimate of drug-likeness (QED) is 0.615. The molecule has 0 bridgehead atoms. The molecule has 0 saturated carbocycles. The van der Waals surface area contributed by atoms with E-state index in [1.54, 1.807) is 31.3 Å². The van der Waals surface area contributed by atoms with Crippen LogP contribution in [0.3, 0.4) is 0 Å². The zero-order valence-electron chi connectivity index (χ0n) is 15.8. The Labute approximate surface area is 161 Å². The second kappa shape index (κ2) is 6.88. The van der Waals surface area contributed by atoms with Crippen molar-refractivity contribution >= 4 is 23.5 Å². The van der Waals surface area contributed by atoms with Crippen molar-refractivity contribution in [3.8, 4) is 0 Å². The minimum absolute atomic E-state index is 0.0673. The molecule has 2 heterocycles. The van der Waals surface area contributed by atoms with Gasteiger partial charge in [0, 0.05) is 18.3 Å². The van der Waals surface area contributed by atoms with Gasteiger partial charge in [-0.05, 0) is 13.0 Å². The molecule has 0 fully saturated rings. The zero-order valence-corrected chi connectivity index (χ0v) is 15.8. The van der Waals surface area contributed by atoms with Gasteiger partial charge in [-0.3, -0.25) is 4.79 Å². The van der Waals surface area contributed by atoms with Crippen LogP contribution in [0.1, 0.15) is 12.5 Å². The number of amides is 1. The fourth-order valence-corrected chi connectivity index (χ4v) is 3.74. The Morgan fingerprint density at radius 2 is 1.96 bits per heavy atom. The molecule has 3 rings (SSSR count). The fraction of sp³-hybridized carbons (Fsp3) is 0.250. The number of hydrogen-bond donors (Lipinski definition) is 1. The van der Waals surface area contributed by atoms with Gasteiger partial charge >= 0.3 is 11.9 Å². The van der Waals surface area contributed by atoms with Crippen molar-refractivity contribution in [2.24, 2.45) is 5.73 Å². The maximum Gasteiger partial charge on any atom is 0.340 e. The van der Waals surface area contributed by atoms with Gasteiger partial charge in [-0.1, -0.05) is 30.9 Å². The molecule has 146 valence electrons. The number of ether oxygens (including phenoxy) is 3. The molecule has 8 heteroatoms. The van der Waals surface area contributed by atoms with Gasteiger partial charge in [0.25, 0.3) is 0 Å². The van der Waals surface area contributed by atoms with E-state index in [0.29, 0.717) is 11.3 Å². The van der Waals surface area contributed by atoms with E-state index in [1.807, 2.05) is 0 Å². The highest BCUT2D eigenvalue weighted by atomic mass is 16.5. The van der Waals surface area contributed by atoms with E-state index in [4.69, 9.17) is 19.9 Å². The SMILES string of the molecule is C=CCOC(=O)C1=C(C)OC(N)=C(C(=O)OC)C12C(=O)N(C)c1ccccc12. The van der Waals surface area contributed by atoms with Crippen molar-refractivity contribution in [3.05, 3.63) is 65.3 Å². The topological polar surface area (TPSA) is 108 Å². The Hall–Kier alpha value is -3.55. The lowest BCUT2D eigenvalue weighted by Gasteiger charge is -2.35. The maximum atomic E-state index is 13.6. The molecule has 2 aliphatic rings. The van der Waals surface area contributed by atoms with E-state index < -0.39 is 23.3 Å². The number of nitrogens with two attached hydrogens (primary N) is 1. The molecule has 0 aromatic heterocycles. The summed E-state index contributed by atoms with van der Waals surface area (Å²) >= 11 is 0. The van der Waals surface area contributed by atoms with Crippen LogP contribution in [-0.2, 0) is 34.0 Å². The van der Waals surface area contributed by atoms with Crippen LogP contribution in [-0.4, -0.2) is 38.6 Å². The molecule has 2 N–H and O–H groups in total. The summed E-state index contributed by atoms with van der Waals surface area (Å²) in [4.78, 5) is 40.6. The molecule has 8 nitrogen and oxygen atoms in total. The minimum atomic E-state index is -1.83. The van der Waals surface area contributed by atoms with Crippen molar-refractivity contribution < 1.29 is 28.6 Å². The summed E-state index contributed by atoms with van der Waals surface area (Å²) in [6, 6.07) is 6.82. The molecule has 0 radical (unpaired) electrons. The fourth-order valence-electron chi connectivity index (χ4n) is 3.74. The number of likely N-dealkylation sites (N-methyl/N-ethyl adjacent to an activating group) is 1. The van der Waals surface area contributed by atoms with E-state index in [0.717, 1.165) is 7.11 Å².